The van der Waals surface area contributed by atoms with Crippen molar-refractivity contribution in [2.75, 3.05) is 4.90 Å². The molecule has 0 atom stereocenters. The molecule has 0 saturated heterocycles. The third-order valence-electron chi connectivity index (χ3n) is 6.26. The van der Waals surface area contributed by atoms with Crippen molar-refractivity contribution >= 4 is 77.1 Å². The fraction of sp³-hybridized carbons (Fsp3) is 0. The maximum absolute atomic E-state index is 3.77. The van der Waals surface area contributed by atoms with Gasteiger partial charge in [0.1, 0.15) is 0 Å². The molecule has 0 aliphatic carbocycles. The van der Waals surface area contributed by atoms with Crippen LogP contribution in [-0.4, -0.2) is 0 Å². The molecule has 0 unspecified atom stereocenters. The van der Waals surface area contributed by atoms with Gasteiger partial charge in [-0.2, -0.15) is 0 Å². The number of rotatable bonds is 1. The van der Waals surface area contributed by atoms with E-state index >= 15 is 0 Å². The summed E-state index contributed by atoms with van der Waals surface area (Å²) in [5.74, 6) is 0. The van der Waals surface area contributed by atoms with E-state index in [0.29, 0.717) is 0 Å². The molecule has 0 amide bonds. The van der Waals surface area contributed by atoms with Crippen LogP contribution in [0.25, 0.3) is 32.3 Å². The topological polar surface area (TPSA) is 3.24 Å². The van der Waals surface area contributed by atoms with Gasteiger partial charge in [-0.3, -0.25) is 0 Å². The summed E-state index contributed by atoms with van der Waals surface area (Å²) in [6.07, 6.45) is 0. The zero-order chi connectivity index (χ0) is 20.5. The summed E-state index contributed by atoms with van der Waals surface area (Å²) in [5.41, 5.74) is 3.70. The molecule has 0 spiro atoms. The fourth-order valence-electron chi connectivity index (χ4n) is 4.91. The maximum Gasteiger partial charge on any atom is 0.0601 e. The molecule has 6 aromatic rings. The van der Waals surface area contributed by atoms with E-state index in [0.717, 1.165) is 4.47 Å². The Balaban J connectivity index is 1.62. The van der Waals surface area contributed by atoms with Crippen LogP contribution in [0.1, 0.15) is 0 Å². The Hall–Kier alpha value is -3.01. The lowest BCUT2D eigenvalue weighted by molar-refractivity contribution is 1.17. The standard InChI is InChI=1S/C28H16BrNS/c29-21-15-11-17-10-14-20-22(16-12-18-9-13-19(21)27(17)28(18)20)30-23-5-1-3-7-25(23)31-26-8-4-2-6-24(26)30/h1-16H. The summed E-state index contributed by atoms with van der Waals surface area (Å²) in [4.78, 5) is 5.01. The summed E-state index contributed by atoms with van der Waals surface area (Å²) in [6.45, 7) is 0. The van der Waals surface area contributed by atoms with Crippen molar-refractivity contribution in [3.05, 3.63) is 102 Å². The van der Waals surface area contributed by atoms with Gasteiger partial charge in [-0.05, 0) is 63.3 Å². The third kappa shape index (κ3) is 2.45. The molecule has 31 heavy (non-hydrogen) atoms. The molecule has 0 fully saturated rings. The van der Waals surface area contributed by atoms with Crippen molar-refractivity contribution in [1.82, 2.24) is 0 Å². The van der Waals surface area contributed by atoms with E-state index in [9.17, 15) is 0 Å². The first-order valence-corrected chi connectivity index (χ1v) is 11.9. The smallest absolute Gasteiger partial charge is 0.0601 e. The van der Waals surface area contributed by atoms with Crippen LogP contribution in [0.3, 0.4) is 0 Å². The van der Waals surface area contributed by atoms with Gasteiger partial charge < -0.3 is 4.90 Å². The van der Waals surface area contributed by atoms with E-state index in [1.807, 2.05) is 11.8 Å². The summed E-state index contributed by atoms with van der Waals surface area (Å²) in [6, 6.07) is 35.3. The molecule has 0 aromatic heterocycles. The number of hydrogen-bond donors (Lipinski definition) is 0. The number of anilines is 3. The lowest BCUT2D eigenvalue weighted by Gasteiger charge is -2.33. The molecular formula is C28H16BrNS. The Bertz CT molecular complexity index is 1590. The zero-order valence-corrected chi connectivity index (χ0v) is 18.9. The van der Waals surface area contributed by atoms with Crippen molar-refractivity contribution in [3.63, 3.8) is 0 Å². The third-order valence-corrected chi connectivity index (χ3v) is 8.08. The Kier molecular flexibility index (Phi) is 3.70. The minimum Gasteiger partial charge on any atom is -0.308 e. The Morgan fingerprint density at radius 2 is 1.06 bits per heavy atom. The largest absolute Gasteiger partial charge is 0.308 e. The highest BCUT2D eigenvalue weighted by atomic mass is 79.9. The number of fused-ring (bicyclic) bond motifs is 2. The molecule has 0 bridgehead atoms. The molecule has 146 valence electrons. The van der Waals surface area contributed by atoms with Gasteiger partial charge in [0.05, 0.1) is 17.1 Å². The molecule has 3 heteroatoms. The van der Waals surface area contributed by atoms with Crippen molar-refractivity contribution in [2.45, 2.75) is 9.79 Å². The fourth-order valence-corrected chi connectivity index (χ4v) is 6.43. The normalized spacial score (nSPS) is 13.1. The van der Waals surface area contributed by atoms with Gasteiger partial charge in [-0.1, -0.05) is 88.4 Å². The SMILES string of the molecule is Brc1ccc2ccc3c(N4c5ccccc5Sc5ccccc54)ccc4ccc1c2c43. The van der Waals surface area contributed by atoms with Crippen LogP contribution in [-0.2, 0) is 0 Å². The van der Waals surface area contributed by atoms with Gasteiger partial charge in [0.25, 0.3) is 0 Å². The number of halogens is 1. The molecule has 0 saturated carbocycles. The van der Waals surface area contributed by atoms with Gasteiger partial charge in [0, 0.05) is 19.6 Å². The molecule has 0 N–H and O–H groups in total. The maximum atomic E-state index is 3.77. The molecular weight excluding hydrogens is 462 g/mol. The van der Waals surface area contributed by atoms with E-state index in [1.165, 1.54) is 59.2 Å². The van der Waals surface area contributed by atoms with Crippen LogP contribution < -0.4 is 4.90 Å². The van der Waals surface area contributed by atoms with Crippen molar-refractivity contribution in [3.8, 4) is 0 Å². The predicted octanol–water partition coefficient (Wildman–Crippen LogP) is 9.28. The van der Waals surface area contributed by atoms with Crippen LogP contribution in [0.15, 0.2) is 111 Å². The summed E-state index contributed by atoms with van der Waals surface area (Å²) >= 11 is 5.61. The second-order valence-corrected chi connectivity index (χ2v) is 9.87. The molecule has 1 aliphatic rings. The monoisotopic (exact) mass is 477 g/mol. The lowest BCUT2D eigenvalue weighted by atomic mass is 9.93. The number of nitrogens with zero attached hydrogens (tertiary/aromatic N) is 1. The zero-order valence-electron chi connectivity index (χ0n) is 16.5. The highest BCUT2D eigenvalue weighted by Gasteiger charge is 2.26. The van der Waals surface area contributed by atoms with E-state index in [1.54, 1.807) is 0 Å². The lowest BCUT2D eigenvalue weighted by Crippen LogP contribution is -2.15. The second-order valence-electron chi connectivity index (χ2n) is 7.93. The van der Waals surface area contributed by atoms with Gasteiger partial charge in [-0.25, -0.2) is 0 Å². The number of hydrogen-bond acceptors (Lipinski definition) is 2. The minimum absolute atomic E-state index is 1.14. The molecule has 7 rings (SSSR count). The van der Waals surface area contributed by atoms with E-state index in [4.69, 9.17) is 0 Å². The number of para-hydroxylation sites is 2. The summed E-state index contributed by atoms with van der Waals surface area (Å²) < 4.78 is 1.14. The average molecular weight is 478 g/mol. The van der Waals surface area contributed by atoms with Crippen molar-refractivity contribution < 1.29 is 0 Å². The van der Waals surface area contributed by atoms with E-state index in [2.05, 4.69) is 118 Å². The van der Waals surface area contributed by atoms with Crippen molar-refractivity contribution in [1.29, 1.82) is 0 Å². The molecule has 0 radical (unpaired) electrons. The van der Waals surface area contributed by atoms with Gasteiger partial charge >= 0.3 is 0 Å². The van der Waals surface area contributed by atoms with Gasteiger partial charge in [-0.15, -0.1) is 0 Å². The van der Waals surface area contributed by atoms with E-state index in [-0.39, 0.29) is 0 Å². The van der Waals surface area contributed by atoms with Crippen LogP contribution in [0.5, 0.6) is 0 Å². The van der Waals surface area contributed by atoms with Crippen LogP contribution >= 0.6 is 27.7 Å². The average Bonchev–Trinajstić information content (AvgIpc) is 2.82. The van der Waals surface area contributed by atoms with E-state index < -0.39 is 0 Å². The molecule has 6 aromatic carbocycles. The van der Waals surface area contributed by atoms with Crippen molar-refractivity contribution in [2.24, 2.45) is 0 Å². The summed E-state index contributed by atoms with van der Waals surface area (Å²) in [5, 5.41) is 7.78. The molecule has 1 aliphatic heterocycles. The highest BCUT2D eigenvalue weighted by molar-refractivity contribution is 9.10. The first-order valence-electron chi connectivity index (χ1n) is 10.3. The minimum atomic E-state index is 1.14. The predicted molar refractivity (Wildman–Crippen MR) is 137 cm³/mol. The first-order chi connectivity index (χ1) is 15.3. The Morgan fingerprint density at radius 3 is 1.77 bits per heavy atom. The van der Waals surface area contributed by atoms with Gasteiger partial charge in [0.2, 0.25) is 0 Å². The molecule has 1 nitrogen and oxygen atoms in total. The van der Waals surface area contributed by atoms with Crippen LogP contribution in [0.4, 0.5) is 17.1 Å². The van der Waals surface area contributed by atoms with Crippen LogP contribution in [0, 0.1) is 0 Å². The molecule has 1 heterocycles. The highest BCUT2D eigenvalue weighted by Crippen LogP contribution is 2.53. The second kappa shape index (κ2) is 6.49. The van der Waals surface area contributed by atoms with Crippen LogP contribution in [0.2, 0.25) is 0 Å². The number of benzene rings is 6. The Morgan fingerprint density at radius 1 is 0.516 bits per heavy atom. The Labute approximate surface area is 192 Å². The first kappa shape index (κ1) is 17.6. The van der Waals surface area contributed by atoms with Gasteiger partial charge in [0.15, 0.2) is 0 Å². The summed E-state index contributed by atoms with van der Waals surface area (Å²) in [7, 11) is 0. The quantitative estimate of drug-likeness (QED) is 0.216.